The van der Waals surface area contributed by atoms with Gasteiger partial charge in [-0.2, -0.15) is 10.2 Å². The summed E-state index contributed by atoms with van der Waals surface area (Å²) in [6, 6.07) is 19.2. The molecule has 2 fully saturated rings. The smallest absolute Gasteiger partial charge is 0.350 e. The Kier molecular flexibility index (Phi) is 10.4. The van der Waals surface area contributed by atoms with Crippen LogP contribution in [0.1, 0.15) is 44.7 Å². The Morgan fingerprint density at radius 2 is 1.62 bits per heavy atom. The van der Waals surface area contributed by atoms with Gasteiger partial charge in [0.15, 0.2) is 0 Å². The largest absolute Gasteiger partial charge is 0.493 e. The molecule has 5 aromatic rings. The molecule has 2 saturated heterocycles. The van der Waals surface area contributed by atoms with Gasteiger partial charge in [-0.3, -0.25) is 0 Å². The SMILES string of the molecule is CCCC([C@@H](C)O)n1ncn(-c2ccc(N3CCN(c4ccc(OC[C@@H]5CO[C@@](Cn6cncn6)(c6ccc(F)cc6F)C5)cc4)CC3)cc2)c1=O. The summed E-state index contributed by atoms with van der Waals surface area (Å²) in [7, 11) is 0. The van der Waals surface area contributed by atoms with E-state index in [-0.39, 0.29) is 24.2 Å². The Balaban J connectivity index is 0.922. The van der Waals surface area contributed by atoms with E-state index in [1.165, 1.54) is 34.0 Å². The minimum absolute atomic E-state index is 0.0123. The van der Waals surface area contributed by atoms with Gasteiger partial charge >= 0.3 is 5.69 Å². The van der Waals surface area contributed by atoms with Crippen LogP contribution < -0.4 is 20.2 Å². The number of nitrogens with zero attached hydrogens (tertiary/aromatic N) is 8. The van der Waals surface area contributed by atoms with Gasteiger partial charge in [-0.1, -0.05) is 19.4 Å². The van der Waals surface area contributed by atoms with Crippen molar-refractivity contribution in [3.8, 4) is 11.4 Å². The van der Waals surface area contributed by atoms with E-state index in [1.54, 1.807) is 17.9 Å². The first-order valence-corrected chi connectivity index (χ1v) is 17.8. The van der Waals surface area contributed by atoms with Crippen LogP contribution in [0.2, 0.25) is 0 Å². The predicted molar refractivity (Wildman–Crippen MR) is 192 cm³/mol. The molecular formula is C38H44F2N8O4. The van der Waals surface area contributed by atoms with Crippen molar-refractivity contribution in [3.05, 3.63) is 113 Å². The van der Waals surface area contributed by atoms with Gasteiger partial charge in [0.05, 0.1) is 37.6 Å². The Hall–Kier alpha value is -5.08. The second-order valence-corrected chi connectivity index (χ2v) is 13.7. The lowest BCUT2D eigenvalue weighted by Crippen LogP contribution is -2.46. The lowest BCUT2D eigenvalue weighted by atomic mass is 9.87. The van der Waals surface area contributed by atoms with E-state index in [0.717, 1.165) is 61.5 Å². The van der Waals surface area contributed by atoms with Gasteiger partial charge in [0.2, 0.25) is 0 Å². The molecular weight excluding hydrogens is 670 g/mol. The minimum Gasteiger partial charge on any atom is -0.493 e. The highest BCUT2D eigenvalue weighted by Gasteiger charge is 2.44. The first-order valence-electron chi connectivity index (χ1n) is 17.8. The summed E-state index contributed by atoms with van der Waals surface area (Å²) < 4.78 is 45.6. The van der Waals surface area contributed by atoms with Crippen LogP contribution in [0, 0.1) is 17.6 Å². The molecule has 2 aliphatic heterocycles. The molecule has 4 atom stereocenters. The van der Waals surface area contributed by atoms with Crippen molar-refractivity contribution in [1.29, 1.82) is 0 Å². The zero-order valence-corrected chi connectivity index (χ0v) is 29.4. The number of aliphatic hydroxyl groups excluding tert-OH is 1. The fraction of sp³-hybridized carbons (Fsp3) is 0.421. The van der Waals surface area contributed by atoms with E-state index >= 15 is 0 Å². The van der Waals surface area contributed by atoms with Crippen molar-refractivity contribution in [2.24, 2.45) is 5.92 Å². The lowest BCUT2D eigenvalue weighted by molar-refractivity contribution is -0.0206. The molecule has 0 amide bonds. The van der Waals surface area contributed by atoms with E-state index in [0.29, 0.717) is 31.6 Å². The van der Waals surface area contributed by atoms with E-state index < -0.39 is 23.3 Å². The van der Waals surface area contributed by atoms with Crippen molar-refractivity contribution in [3.63, 3.8) is 0 Å². The van der Waals surface area contributed by atoms with Gasteiger partial charge in [0, 0.05) is 55.1 Å². The standard InChI is InChI=1S/C38H44F2N8O4/c1-3-4-36(27(2)49)48-37(50)47(26-43-48)32-8-6-30(7-9-32)44-15-17-45(18-16-44)31-10-12-33(13-11-31)51-21-28-20-38(52-22-28,23-46-25-41-24-42-46)34-14-5-29(39)19-35(34)40/h5-14,19,24-28,36,49H,3-4,15-18,20-23H2,1-2H3/t27-,28-,36?,38+/m1/s1. The number of aromatic nitrogens is 6. The third-order valence-electron chi connectivity index (χ3n) is 10.1. The van der Waals surface area contributed by atoms with E-state index in [1.807, 2.05) is 43.3 Å². The molecule has 0 bridgehead atoms. The highest BCUT2D eigenvalue weighted by Crippen LogP contribution is 2.42. The molecule has 2 aliphatic rings. The molecule has 2 aromatic heterocycles. The summed E-state index contributed by atoms with van der Waals surface area (Å²) >= 11 is 0. The maximum atomic E-state index is 15.0. The Morgan fingerprint density at radius 3 is 2.23 bits per heavy atom. The second-order valence-electron chi connectivity index (χ2n) is 13.7. The molecule has 1 unspecified atom stereocenters. The van der Waals surface area contributed by atoms with Crippen molar-refractivity contribution in [2.75, 3.05) is 49.2 Å². The van der Waals surface area contributed by atoms with Crippen LogP contribution in [0.25, 0.3) is 5.69 Å². The number of piperazine rings is 1. The fourth-order valence-electron chi connectivity index (χ4n) is 7.39. The van der Waals surface area contributed by atoms with E-state index in [4.69, 9.17) is 9.47 Å². The quantitative estimate of drug-likeness (QED) is 0.181. The molecule has 14 heteroatoms. The topological polar surface area (TPSA) is 116 Å². The van der Waals surface area contributed by atoms with Gasteiger partial charge in [0.1, 0.15) is 42.0 Å². The fourth-order valence-corrected chi connectivity index (χ4v) is 7.39. The second kappa shape index (κ2) is 15.3. The van der Waals surface area contributed by atoms with Gasteiger partial charge in [-0.15, -0.1) is 0 Å². The Labute approximate surface area is 300 Å². The minimum atomic E-state index is -1.02. The van der Waals surface area contributed by atoms with Crippen LogP contribution >= 0.6 is 0 Å². The molecule has 12 nitrogen and oxygen atoms in total. The molecule has 52 heavy (non-hydrogen) atoms. The van der Waals surface area contributed by atoms with Crippen LogP contribution in [0.15, 0.2) is 90.5 Å². The number of benzene rings is 3. The molecule has 1 N–H and O–H groups in total. The molecule has 4 heterocycles. The van der Waals surface area contributed by atoms with Crippen molar-refractivity contribution in [1.82, 2.24) is 29.1 Å². The summed E-state index contributed by atoms with van der Waals surface area (Å²) in [5.74, 6) is -0.562. The number of rotatable bonds is 13. The first-order chi connectivity index (χ1) is 25.2. The molecule has 7 rings (SSSR count). The number of aliphatic hydroxyl groups is 1. The highest BCUT2D eigenvalue weighted by molar-refractivity contribution is 5.54. The molecule has 0 aliphatic carbocycles. The molecule has 274 valence electrons. The number of anilines is 2. The van der Waals surface area contributed by atoms with Crippen molar-refractivity contribution < 1.29 is 23.4 Å². The first kappa shape index (κ1) is 35.3. The van der Waals surface area contributed by atoms with Gasteiger partial charge < -0.3 is 24.4 Å². The lowest BCUT2D eigenvalue weighted by Gasteiger charge is -2.37. The van der Waals surface area contributed by atoms with E-state index in [9.17, 15) is 18.7 Å². The zero-order valence-electron chi connectivity index (χ0n) is 29.4. The van der Waals surface area contributed by atoms with Crippen LogP contribution in [0.5, 0.6) is 5.75 Å². The number of hydrogen-bond acceptors (Lipinski definition) is 9. The highest BCUT2D eigenvalue weighted by atomic mass is 19.1. The van der Waals surface area contributed by atoms with Gasteiger partial charge in [0.25, 0.3) is 0 Å². The van der Waals surface area contributed by atoms with Crippen LogP contribution in [0.4, 0.5) is 20.2 Å². The maximum Gasteiger partial charge on any atom is 0.350 e. The predicted octanol–water partition coefficient (Wildman–Crippen LogP) is 4.96. The van der Waals surface area contributed by atoms with Crippen molar-refractivity contribution in [2.45, 2.75) is 57.4 Å². The Morgan fingerprint density at radius 1 is 0.942 bits per heavy atom. The summed E-state index contributed by atoms with van der Waals surface area (Å²) in [5, 5.41) is 18.7. The summed E-state index contributed by atoms with van der Waals surface area (Å²) in [4.78, 5) is 21.8. The Bertz CT molecular complexity index is 1980. The normalized spacial score (nSPS) is 20.3. The number of hydrogen-bond donors (Lipinski definition) is 1. The number of halogens is 2. The summed E-state index contributed by atoms with van der Waals surface area (Å²) in [6.45, 7) is 8.09. The van der Waals surface area contributed by atoms with Crippen LogP contribution in [-0.4, -0.2) is 79.7 Å². The summed E-state index contributed by atoms with van der Waals surface area (Å²) in [5.41, 5.74) is 1.95. The average molecular weight is 715 g/mol. The molecule has 0 radical (unpaired) electrons. The van der Waals surface area contributed by atoms with E-state index in [2.05, 4.69) is 37.1 Å². The van der Waals surface area contributed by atoms with Gasteiger partial charge in [-0.05, 0) is 74.4 Å². The molecule has 3 aromatic carbocycles. The van der Waals surface area contributed by atoms with Crippen molar-refractivity contribution >= 4 is 11.4 Å². The average Bonchev–Trinajstić information content (AvgIpc) is 3.91. The van der Waals surface area contributed by atoms with Crippen LogP contribution in [0.3, 0.4) is 0 Å². The maximum absolute atomic E-state index is 15.0. The van der Waals surface area contributed by atoms with Crippen LogP contribution in [-0.2, 0) is 16.9 Å². The molecule has 0 spiro atoms. The monoisotopic (exact) mass is 714 g/mol. The third-order valence-corrected chi connectivity index (χ3v) is 10.1. The van der Waals surface area contributed by atoms with Gasteiger partial charge in [-0.25, -0.2) is 32.5 Å². The number of ether oxygens (including phenoxy) is 2. The third kappa shape index (κ3) is 7.44. The molecule has 0 saturated carbocycles. The summed E-state index contributed by atoms with van der Waals surface area (Å²) in [6.07, 6.45) is 5.82. The zero-order chi connectivity index (χ0) is 36.2.